The first-order valence-electron chi connectivity index (χ1n) is 5.30. The Bertz CT molecular complexity index is 175. The number of ether oxygens (including phenoxy) is 1. The summed E-state index contributed by atoms with van der Waals surface area (Å²) in [5.41, 5.74) is 0. The van der Waals surface area contributed by atoms with Gasteiger partial charge in [0.15, 0.2) is 0 Å². The molecule has 0 aliphatic carbocycles. The van der Waals surface area contributed by atoms with Crippen molar-refractivity contribution < 1.29 is 9.53 Å². The number of carbonyl (C=O) groups excluding carboxylic acids is 1. The second-order valence-electron chi connectivity index (χ2n) is 3.84. The van der Waals surface area contributed by atoms with Crippen LogP contribution in [0.25, 0.3) is 0 Å². The topological polar surface area (TPSA) is 41.6 Å². The van der Waals surface area contributed by atoms with Gasteiger partial charge in [0.2, 0.25) is 5.91 Å². The number of rotatable bonds is 3. The maximum Gasteiger partial charge on any atom is 0.248 e. The molecule has 0 aromatic heterocycles. The standard InChI is InChI=1S/C10H20N2O2/c1-9(2)14-8-10(13)12-6-3-4-11-5-7-12/h9,11H,3-8H2,1-2H3. The van der Waals surface area contributed by atoms with Crippen LogP contribution in [0.2, 0.25) is 0 Å². The quantitative estimate of drug-likeness (QED) is 0.709. The SMILES string of the molecule is CC(C)OCC(=O)N1CCCNCC1. The van der Waals surface area contributed by atoms with Crippen molar-refractivity contribution in [1.82, 2.24) is 10.2 Å². The molecule has 1 N–H and O–H groups in total. The van der Waals surface area contributed by atoms with Gasteiger partial charge < -0.3 is 15.0 Å². The van der Waals surface area contributed by atoms with Gasteiger partial charge >= 0.3 is 0 Å². The minimum Gasteiger partial charge on any atom is -0.369 e. The molecule has 0 spiro atoms. The van der Waals surface area contributed by atoms with Crippen LogP contribution < -0.4 is 5.32 Å². The van der Waals surface area contributed by atoms with Gasteiger partial charge in [-0.05, 0) is 26.8 Å². The minimum atomic E-state index is 0.113. The van der Waals surface area contributed by atoms with Gasteiger partial charge in [-0.15, -0.1) is 0 Å². The zero-order valence-electron chi connectivity index (χ0n) is 9.08. The van der Waals surface area contributed by atoms with Crippen LogP contribution in [0.4, 0.5) is 0 Å². The highest BCUT2D eigenvalue weighted by molar-refractivity contribution is 5.77. The molecule has 0 bridgehead atoms. The molecule has 1 amide bonds. The first-order chi connectivity index (χ1) is 6.70. The van der Waals surface area contributed by atoms with Crippen LogP contribution in [0.15, 0.2) is 0 Å². The molecule has 0 saturated carbocycles. The molecule has 1 fully saturated rings. The van der Waals surface area contributed by atoms with Crippen molar-refractivity contribution in [3.63, 3.8) is 0 Å². The third kappa shape index (κ3) is 4.07. The van der Waals surface area contributed by atoms with Gasteiger partial charge in [0, 0.05) is 19.6 Å². The molecule has 0 aromatic carbocycles. The molecule has 4 heteroatoms. The summed E-state index contributed by atoms with van der Waals surface area (Å²) in [6.07, 6.45) is 1.16. The molecule has 14 heavy (non-hydrogen) atoms. The van der Waals surface area contributed by atoms with Crippen LogP contribution in [0.1, 0.15) is 20.3 Å². The Kier molecular flexibility index (Phi) is 4.90. The van der Waals surface area contributed by atoms with Gasteiger partial charge in [-0.25, -0.2) is 0 Å². The first-order valence-corrected chi connectivity index (χ1v) is 5.30. The predicted octanol–water partition coefficient (Wildman–Crippen LogP) is 0.233. The molecule has 0 atom stereocenters. The molecule has 1 heterocycles. The molecule has 1 rings (SSSR count). The van der Waals surface area contributed by atoms with Crippen LogP contribution in [0.5, 0.6) is 0 Å². The van der Waals surface area contributed by atoms with Crippen LogP contribution >= 0.6 is 0 Å². The number of amides is 1. The third-order valence-electron chi connectivity index (χ3n) is 2.23. The highest BCUT2D eigenvalue weighted by Crippen LogP contribution is 1.98. The Labute approximate surface area is 85.6 Å². The van der Waals surface area contributed by atoms with E-state index in [1.165, 1.54) is 0 Å². The number of hydrogen-bond acceptors (Lipinski definition) is 3. The van der Waals surface area contributed by atoms with E-state index in [4.69, 9.17) is 4.74 Å². The van der Waals surface area contributed by atoms with Crippen molar-refractivity contribution in [2.45, 2.75) is 26.4 Å². The van der Waals surface area contributed by atoms with E-state index in [0.29, 0.717) is 0 Å². The molecule has 0 radical (unpaired) electrons. The number of carbonyl (C=O) groups is 1. The summed E-state index contributed by atoms with van der Waals surface area (Å²) in [6.45, 7) is 7.67. The summed E-state index contributed by atoms with van der Waals surface area (Å²) in [5.74, 6) is 0.113. The van der Waals surface area contributed by atoms with Crippen LogP contribution in [-0.4, -0.2) is 49.7 Å². The summed E-state index contributed by atoms with van der Waals surface area (Å²) in [7, 11) is 0. The van der Waals surface area contributed by atoms with Crippen LogP contribution in [-0.2, 0) is 9.53 Å². The molecular formula is C10H20N2O2. The van der Waals surface area contributed by atoms with E-state index in [0.717, 1.165) is 32.6 Å². The van der Waals surface area contributed by atoms with Crippen molar-refractivity contribution in [3.8, 4) is 0 Å². The lowest BCUT2D eigenvalue weighted by molar-refractivity contribution is -0.137. The van der Waals surface area contributed by atoms with Crippen molar-refractivity contribution in [3.05, 3.63) is 0 Å². The zero-order valence-corrected chi connectivity index (χ0v) is 9.08. The van der Waals surface area contributed by atoms with Gasteiger partial charge in [0.1, 0.15) is 6.61 Å². The van der Waals surface area contributed by atoms with Gasteiger partial charge in [0.05, 0.1) is 6.10 Å². The summed E-state index contributed by atoms with van der Waals surface area (Å²) < 4.78 is 5.29. The van der Waals surface area contributed by atoms with E-state index in [2.05, 4.69) is 5.32 Å². The van der Waals surface area contributed by atoms with Crippen molar-refractivity contribution in [1.29, 1.82) is 0 Å². The third-order valence-corrected chi connectivity index (χ3v) is 2.23. The molecular weight excluding hydrogens is 180 g/mol. The molecule has 1 aliphatic rings. The smallest absolute Gasteiger partial charge is 0.248 e. The van der Waals surface area contributed by atoms with Crippen LogP contribution in [0.3, 0.4) is 0 Å². The Morgan fingerprint density at radius 2 is 2.21 bits per heavy atom. The van der Waals surface area contributed by atoms with Gasteiger partial charge in [-0.1, -0.05) is 0 Å². The van der Waals surface area contributed by atoms with Gasteiger partial charge in [-0.3, -0.25) is 4.79 Å². The van der Waals surface area contributed by atoms with Gasteiger partial charge in [-0.2, -0.15) is 0 Å². The predicted molar refractivity (Wildman–Crippen MR) is 55.2 cm³/mol. The number of nitrogens with zero attached hydrogens (tertiary/aromatic N) is 1. The second-order valence-corrected chi connectivity index (χ2v) is 3.84. The van der Waals surface area contributed by atoms with Gasteiger partial charge in [0.25, 0.3) is 0 Å². The zero-order chi connectivity index (χ0) is 10.4. The Morgan fingerprint density at radius 1 is 1.43 bits per heavy atom. The van der Waals surface area contributed by atoms with E-state index in [1.54, 1.807) is 0 Å². The van der Waals surface area contributed by atoms with E-state index in [-0.39, 0.29) is 18.6 Å². The van der Waals surface area contributed by atoms with Crippen molar-refractivity contribution in [2.24, 2.45) is 0 Å². The lowest BCUT2D eigenvalue weighted by Crippen LogP contribution is -2.37. The number of hydrogen-bond donors (Lipinski definition) is 1. The fourth-order valence-electron chi connectivity index (χ4n) is 1.42. The summed E-state index contributed by atoms with van der Waals surface area (Å²) >= 11 is 0. The van der Waals surface area contributed by atoms with E-state index in [1.807, 2.05) is 18.7 Å². The monoisotopic (exact) mass is 200 g/mol. The molecule has 0 unspecified atom stereocenters. The largest absolute Gasteiger partial charge is 0.369 e. The molecule has 4 nitrogen and oxygen atoms in total. The average Bonchev–Trinajstić information content (AvgIpc) is 2.42. The molecule has 1 saturated heterocycles. The highest BCUT2D eigenvalue weighted by atomic mass is 16.5. The summed E-state index contributed by atoms with van der Waals surface area (Å²) in [5, 5.41) is 3.26. The lowest BCUT2D eigenvalue weighted by Gasteiger charge is -2.20. The second kappa shape index (κ2) is 5.98. The highest BCUT2D eigenvalue weighted by Gasteiger charge is 2.15. The summed E-state index contributed by atoms with van der Waals surface area (Å²) in [6, 6.07) is 0. The van der Waals surface area contributed by atoms with E-state index < -0.39 is 0 Å². The van der Waals surface area contributed by atoms with E-state index >= 15 is 0 Å². The molecule has 82 valence electrons. The number of nitrogens with one attached hydrogen (secondary N) is 1. The average molecular weight is 200 g/mol. The fraction of sp³-hybridized carbons (Fsp3) is 0.900. The van der Waals surface area contributed by atoms with Crippen LogP contribution in [0, 0.1) is 0 Å². The maximum absolute atomic E-state index is 11.6. The first kappa shape index (κ1) is 11.5. The normalized spacial score (nSPS) is 18.4. The molecule has 1 aliphatic heterocycles. The fourth-order valence-corrected chi connectivity index (χ4v) is 1.42. The minimum absolute atomic E-state index is 0.113. The maximum atomic E-state index is 11.6. The Morgan fingerprint density at radius 3 is 2.93 bits per heavy atom. The van der Waals surface area contributed by atoms with Crippen molar-refractivity contribution in [2.75, 3.05) is 32.8 Å². The summed E-state index contributed by atoms with van der Waals surface area (Å²) in [4.78, 5) is 13.5. The molecule has 0 aromatic rings. The van der Waals surface area contributed by atoms with Crippen molar-refractivity contribution >= 4 is 5.91 Å². The Balaban J connectivity index is 2.27. The van der Waals surface area contributed by atoms with E-state index in [9.17, 15) is 4.79 Å². The Hall–Kier alpha value is -0.610. The lowest BCUT2D eigenvalue weighted by atomic mass is 10.4.